The Labute approximate surface area is 115 Å². The molecule has 0 saturated heterocycles. The number of nitrogens with one attached hydrogen (secondary N) is 2. The van der Waals surface area contributed by atoms with Gasteiger partial charge in [-0.1, -0.05) is 12.1 Å². The van der Waals surface area contributed by atoms with Crippen molar-refractivity contribution in [2.75, 3.05) is 25.6 Å². The van der Waals surface area contributed by atoms with Crippen LogP contribution < -0.4 is 10.6 Å². The van der Waals surface area contributed by atoms with E-state index in [0.29, 0.717) is 13.2 Å². The second kappa shape index (κ2) is 7.30. The fourth-order valence-electron chi connectivity index (χ4n) is 1.42. The van der Waals surface area contributed by atoms with Gasteiger partial charge in [0.05, 0.1) is 11.3 Å². The van der Waals surface area contributed by atoms with E-state index in [1.165, 1.54) is 18.2 Å². The molecule has 0 saturated carbocycles. The summed E-state index contributed by atoms with van der Waals surface area (Å²) in [7, 11) is 1.58. The summed E-state index contributed by atoms with van der Waals surface area (Å²) in [5.74, 6) is 0. The number of thiocarbonyl (C=S) groups is 1. The third kappa shape index (κ3) is 5.44. The van der Waals surface area contributed by atoms with Gasteiger partial charge in [-0.25, -0.2) is 0 Å². The van der Waals surface area contributed by atoms with Crippen LogP contribution in [0.1, 0.15) is 12.0 Å². The van der Waals surface area contributed by atoms with Gasteiger partial charge in [-0.3, -0.25) is 0 Å². The quantitative estimate of drug-likeness (QED) is 0.645. The summed E-state index contributed by atoms with van der Waals surface area (Å²) >= 11 is 4.94. The maximum Gasteiger partial charge on any atom is 0.418 e. The largest absolute Gasteiger partial charge is 0.418 e. The molecule has 0 amide bonds. The molecule has 0 radical (unpaired) electrons. The molecular formula is C12H15F3N2OS. The van der Waals surface area contributed by atoms with E-state index in [4.69, 9.17) is 17.0 Å². The zero-order valence-corrected chi connectivity index (χ0v) is 11.2. The summed E-state index contributed by atoms with van der Waals surface area (Å²) in [4.78, 5) is 0. The van der Waals surface area contributed by atoms with Gasteiger partial charge in [0, 0.05) is 20.3 Å². The van der Waals surface area contributed by atoms with Crippen molar-refractivity contribution >= 4 is 23.0 Å². The van der Waals surface area contributed by atoms with Crippen LogP contribution in [-0.2, 0) is 10.9 Å². The molecule has 1 rings (SSSR count). The van der Waals surface area contributed by atoms with Gasteiger partial charge in [0.2, 0.25) is 0 Å². The van der Waals surface area contributed by atoms with Gasteiger partial charge in [0.1, 0.15) is 0 Å². The first kappa shape index (κ1) is 15.7. The van der Waals surface area contributed by atoms with Crippen molar-refractivity contribution in [2.45, 2.75) is 12.6 Å². The smallest absolute Gasteiger partial charge is 0.385 e. The number of hydrogen-bond donors (Lipinski definition) is 2. The van der Waals surface area contributed by atoms with Gasteiger partial charge in [-0.05, 0) is 30.8 Å². The van der Waals surface area contributed by atoms with Crippen molar-refractivity contribution in [3.63, 3.8) is 0 Å². The number of anilines is 1. The number of halogens is 3. The Bertz CT molecular complexity index is 424. The lowest BCUT2D eigenvalue weighted by molar-refractivity contribution is -0.136. The average molecular weight is 292 g/mol. The van der Waals surface area contributed by atoms with Crippen molar-refractivity contribution in [1.82, 2.24) is 5.32 Å². The van der Waals surface area contributed by atoms with Crippen LogP contribution in [0.4, 0.5) is 18.9 Å². The summed E-state index contributed by atoms with van der Waals surface area (Å²) in [6.45, 7) is 1.10. The number of hydrogen-bond acceptors (Lipinski definition) is 2. The fraction of sp³-hybridized carbons (Fsp3) is 0.417. The molecule has 0 bridgehead atoms. The van der Waals surface area contributed by atoms with Crippen molar-refractivity contribution < 1.29 is 17.9 Å². The molecule has 0 aliphatic carbocycles. The van der Waals surface area contributed by atoms with E-state index >= 15 is 0 Å². The highest BCUT2D eigenvalue weighted by Gasteiger charge is 2.33. The Morgan fingerprint density at radius 1 is 1.32 bits per heavy atom. The molecule has 2 N–H and O–H groups in total. The highest BCUT2D eigenvalue weighted by atomic mass is 32.1. The molecule has 0 unspecified atom stereocenters. The Morgan fingerprint density at radius 2 is 2.00 bits per heavy atom. The molecule has 106 valence electrons. The first-order valence-corrected chi connectivity index (χ1v) is 6.06. The van der Waals surface area contributed by atoms with Gasteiger partial charge in [-0.15, -0.1) is 0 Å². The Kier molecular flexibility index (Phi) is 6.04. The van der Waals surface area contributed by atoms with Crippen LogP contribution in [0, 0.1) is 0 Å². The van der Waals surface area contributed by atoms with E-state index in [1.807, 2.05) is 0 Å². The van der Waals surface area contributed by atoms with Crippen molar-refractivity contribution in [3.8, 4) is 0 Å². The van der Waals surface area contributed by atoms with Crippen molar-refractivity contribution in [1.29, 1.82) is 0 Å². The first-order valence-electron chi connectivity index (χ1n) is 5.65. The van der Waals surface area contributed by atoms with Gasteiger partial charge in [0.15, 0.2) is 5.11 Å². The topological polar surface area (TPSA) is 33.3 Å². The molecule has 7 heteroatoms. The van der Waals surface area contributed by atoms with Crippen LogP contribution in [0.3, 0.4) is 0 Å². The molecule has 19 heavy (non-hydrogen) atoms. The third-order valence-corrected chi connectivity index (χ3v) is 2.54. The van der Waals surface area contributed by atoms with Crippen molar-refractivity contribution in [3.05, 3.63) is 29.8 Å². The van der Waals surface area contributed by atoms with E-state index in [9.17, 15) is 13.2 Å². The number of methoxy groups -OCH3 is 1. The standard InChI is InChI=1S/C12H15F3N2OS/c1-18-8-4-7-16-11(19)17-10-6-3-2-5-9(10)12(13,14)15/h2-3,5-6H,4,7-8H2,1H3,(H2,16,17,19). The van der Waals surface area contributed by atoms with E-state index in [-0.39, 0.29) is 10.8 Å². The molecule has 0 aliphatic heterocycles. The minimum Gasteiger partial charge on any atom is -0.385 e. The normalized spacial score (nSPS) is 11.2. The summed E-state index contributed by atoms with van der Waals surface area (Å²) < 4.78 is 43.0. The third-order valence-electron chi connectivity index (χ3n) is 2.29. The van der Waals surface area contributed by atoms with E-state index in [2.05, 4.69) is 10.6 Å². The maximum atomic E-state index is 12.7. The predicted octanol–water partition coefficient (Wildman–Crippen LogP) is 3.03. The molecule has 3 nitrogen and oxygen atoms in total. The van der Waals surface area contributed by atoms with Crippen molar-refractivity contribution in [2.24, 2.45) is 0 Å². The number of alkyl halides is 3. The number of rotatable bonds is 5. The summed E-state index contributed by atoms with van der Waals surface area (Å²) in [6.07, 6.45) is -3.69. The predicted molar refractivity (Wildman–Crippen MR) is 72.2 cm³/mol. The monoisotopic (exact) mass is 292 g/mol. The van der Waals surface area contributed by atoms with Gasteiger partial charge in [0.25, 0.3) is 0 Å². The summed E-state index contributed by atoms with van der Waals surface area (Å²) in [6, 6.07) is 5.20. The second-order valence-corrected chi connectivity index (χ2v) is 4.18. The highest BCUT2D eigenvalue weighted by molar-refractivity contribution is 7.80. The van der Waals surface area contributed by atoms with Gasteiger partial charge in [-0.2, -0.15) is 13.2 Å². The number of para-hydroxylation sites is 1. The second-order valence-electron chi connectivity index (χ2n) is 3.77. The van der Waals surface area contributed by atoms with E-state index in [1.54, 1.807) is 7.11 Å². The molecule has 0 spiro atoms. The lowest BCUT2D eigenvalue weighted by atomic mass is 10.1. The zero-order chi connectivity index (χ0) is 14.3. The van der Waals surface area contributed by atoms with Crippen LogP contribution >= 0.6 is 12.2 Å². The Balaban J connectivity index is 2.59. The minimum atomic E-state index is -4.41. The molecular weight excluding hydrogens is 277 g/mol. The highest BCUT2D eigenvalue weighted by Crippen LogP contribution is 2.34. The summed E-state index contributed by atoms with van der Waals surface area (Å²) in [5, 5.41) is 5.53. The zero-order valence-electron chi connectivity index (χ0n) is 10.4. The first-order chi connectivity index (χ1) is 8.95. The Hall–Kier alpha value is -1.34. The van der Waals surface area contributed by atoms with Gasteiger partial charge >= 0.3 is 6.18 Å². The fourth-order valence-corrected chi connectivity index (χ4v) is 1.64. The molecule has 0 aromatic heterocycles. The molecule has 1 aromatic rings. The molecule has 0 heterocycles. The van der Waals surface area contributed by atoms with Crippen LogP contribution in [0.15, 0.2) is 24.3 Å². The maximum absolute atomic E-state index is 12.7. The van der Waals surface area contributed by atoms with E-state index in [0.717, 1.165) is 12.5 Å². The molecule has 0 fully saturated rings. The average Bonchev–Trinajstić information content (AvgIpc) is 2.34. The summed E-state index contributed by atoms with van der Waals surface area (Å²) in [5.41, 5.74) is -0.796. The minimum absolute atomic E-state index is 0.0563. The lowest BCUT2D eigenvalue weighted by Crippen LogP contribution is -2.30. The SMILES string of the molecule is COCCCNC(=S)Nc1ccccc1C(F)(F)F. The lowest BCUT2D eigenvalue weighted by Gasteiger charge is -2.15. The van der Waals surface area contributed by atoms with E-state index < -0.39 is 11.7 Å². The number of benzene rings is 1. The molecule has 0 aliphatic rings. The molecule has 0 atom stereocenters. The van der Waals surface area contributed by atoms with Crippen LogP contribution in [0.2, 0.25) is 0 Å². The molecule has 1 aromatic carbocycles. The number of ether oxygens (including phenoxy) is 1. The Morgan fingerprint density at radius 3 is 2.63 bits per heavy atom. The van der Waals surface area contributed by atoms with Gasteiger partial charge < -0.3 is 15.4 Å². The van der Waals surface area contributed by atoms with Crippen LogP contribution in [0.5, 0.6) is 0 Å². The van der Waals surface area contributed by atoms with Crippen LogP contribution in [0.25, 0.3) is 0 Å². The van der Waals surface area contributed by atoms with Crippen LogP contribution in [-0.4, -0.2) is 25.4 Å².